The number of hydrogen-bond donors (Lipinski definition) is 1. The highest BCUT2D eigenvalue weighted by molar-refractivity contribution is 7.98. The summed E-state index contributed by atoms with van der Waals surface area (Å²) in [5, 5.41) is 7.48. The van der Waals surface area contributed by atoms with Crippen molar-refractivity contribution >= 4 is 17.4 Å². The van der Waals surface area contributed by atoms with E-state index in [-0.39, 0.29) is 0 Å². The average Bonchev–Trinajstić information content (AvgIpc) is 2.89. The molecular formula is C12H16N4S. The summed E-state index contributed by atoms with van der Waals surface area (Å²) in [7, 11) is 0. The van der Waals surface area contributed by atoms with Crippen LogP contribution in [0, 0.1) is 0 Å². The fourth-order valence-electron chi connectivity index (χ4n) is 1.52. The second kappa shape index (κ2) is 6.30. The summed E-state index contributed by atoms with van der Waals surface area (Å²) in [5.74, 6) is 1.20. The Bertz CT molecular complexity index is 424. The zero-order valence-corrected chi connectivity index (χ0v) is 10.7. The molecule has 0 radical (unpaired) electrons. The number of benzene rings is 1. The van der Waals surface area contributed by atoms with E-state index in [0.717, 1.165) is 17.9 Å². The molecule has 0 spiro atoms. The summed E-state index contributed by atoms with van der Waals surface area (Å²) in [6.45, 7) is 1.02. The minimum Gasteiger partial charge on any atom is -0.385 e. The summed E-state index contributed by atoms with van der Waals surface area (Å²) in [4.78, 5) is 3.92. The van der Waals surface area contributed by atoms with Crippen LogP contribution in [0.5, 0.6) is 0 Å². The molecule has 1 aromatic carbocycles. The SMILES string of the molecule is CSCCCNc1ccc(-n2cncn2)cc1. The van der Waals surface area contributed by atoms with Crippen molar-refractivity contribution in [1.29, 1.82) is 0 Å². The van der Waals surface area contributed by atoms with Gasteiger partial charge in [-0.25, -0.2) is 9.67 Å². The average molecular weight is 248 g/mol. The summed E-state index contributed by atoms with van der Waals surface area (Å²) in [6, 6.07) is 8.20. The van der Waals surface area contributed by atoms with Gasteiger partial charge in [0.05, 0.1) is 5.69 Å². The zero-order chi connectivity index (χ0) is 11.9. The fraction of sp³-hybridized carbons (Fsp3) is 0.333. The van der Waals surface area contributed by atoms with Crippen LogP contribution in [-0.4, -0.2) is 33.3 Å². The first kappa shape index (κ1) is 12.0. The maximum Gasteiger partial charge on any atom is 0.138 e. The Balaban J connectivity index is 1.90. The lowest BCUT2D eigenvalue weighted by molar-refractivity contribution is 0.879. The molecule has 0 aliphatic rings. The van der Waals surface area contributed by atoms with Gasteiger partial charge in [-0.15, -0.1) is 0 Å². The van der Waals surface area contributed by atoms with Gasteiger partial charge in [-0.1, -0.05) is 0 Å². The Hall–Kier alpha value is -1.49. The van der Waals surface area contributed by atoms with Gasteiger partial charge in [0.25, 0.3) is 0 Å². The van der Waals surface area contributed by atoms with Gasteiger partial charge in [0, 0.05) is 12.2 Å². The molecule has 17 heavy (non-hydrogen) atoms. The van der Waals surface area contributed by atoms with Crippen molar-refractivity contribution in [3.63, 3.8) is 0 Å². The first-order valence-corrected chi connectivity index (χ1v) is 6.97. The Labute approximate surface area is 105 Å². The van der Waals surface area contributed by atoms with Crippen LogP contribution in [-0.2, 0) is 0 Å². The fourth-order valence-corrected chi connectivity index (χ4v) is 1.96. The lowest BCUT2D eigenvalue weighted by atomic mass is 10.3. The molecule has 0 fully saturated rings. The lowest BCUT2D eigenvalue weighted by Crippen LogP contribution is -2.02. The van der Waals surface area contributed by atoms with Crippen molar-refractivity contribution in [3.05, 3.63) is 36.9 Å². The summed E-state index contributed by atoms with van der Waals surface area (Å²) in [5.41, 5.74) is 2.17. The monoisotopic (exact) mass is 248 g/mol. The third-order valence-electron chi connectivity index (χ3n) is 2.40. The predicted molar refractivity (Wildman–Crippen MR) is 72.8 cm³/mol. The van der Waals surface area contributed by atoms with Crippen LogP contribution in [0.3, 0.4) is 0 Å². The molecule has 2 rings (SSSR count). The van der Waals surface area contributed by atoms with E-state index in [2.05, 4.69) is 33.8 Å². The maximum absolute atomic E-state index is 4.09. The number of nitrogens with one attached hydrogen (secondary N) is 1. The van der Waals surface area contributed by atoms with Crippen LogP contribution >= 0.6 is 11.8 Å². The van der Waals surface area contributed by atoms with Crippen LogP contribution in [0.1, 0.15) is 6.42 Å². The first-order chi connectivity index (χ1) is 8.40. The minimum absolute atomic E-state index is 1.02. The second-order valence-electron chi connectivity index (χ2n) is 3.66. The van der Waals surface area contributed by atoms with Gasteiger partial charge in [0.1, 0.15) is 12.7 Å². The third-order valence-corrected chi connectivity index (χ3v) is 3.10. The van der Waals surface area contributed by atoms with E-state index in [0.29, 0.717) is 0 Å². The molecule has 2 aromatic rings. The lowest BCUT2D eigenvalue weighted by Gasteiger charge is -2.06. The van der Waals surface area contributed by atoms with Crippen molar-refractivity contribution in [2.75, 3.05) is 23.9 Å². The van der Waals surface area contributed by atoms with Gasteiger partial charge in [-0.05, 0) is 42.7 Å². The standard InChI is InChI=1S/C12H16N4S/c1-17-8-2-7-14-11-3-5-12(6-4-11)16-10-13-9-15-16/h3-6,9-10,14H,2,7-8H2,1H3. The summed E-state index contributed by atoms with van der Waals surface area (Å²) in [6.07, 6.45) is 6.55. The van der Waals surface area contributed by atoms with Gasteiger partial charge < -0.3 is 5.32 Å². The number of aromatic nitrogens is 3. The number of anilines is 1. The Kier molecular flexibility index (Phi) is 4.44. The summed E-state index contributed by atoms with van der Waals surface area (Å²) >= 11 is 1.88. The van der Waals surface area contributed by atoms with Crippen LogP contribution in [0.2, 0.25) is 0 Å². The van der Waals surface area contributed by atoms with Gasteiger partial charge in [0.2, 0.25) is 0 Å². The van der Waals surface area contributed by atoms with Gasteiger partial charge in [0.15, 0.2) is 0 Å². The quantitative estimate of drug-likeness (QED) is 0.797. The molecule has 0 aliphatic carbocycles. The number of hydrogen-bond acceptors (Lipinski definition) is 4. The van der Waals surface area contributed by atoms with E-state index in [4.69, 9.17) is 0 Å². The van der Waals surface area contributed by atoms with E-state index >= 15 is 0 Å². The molecule has 4 nitrogen and oxygen atoms in total. The Morgan fingerprint density at radius 2 is 2.12 bits per heavy atom. The van der Waals surface area contributed by atoms with Gasteiger partial charge in [-0.3, -0.25) is 0 Å². The molecule has 1 heterocycles. The molecule has 90 valence electrons. The summed E-state index contributed by atoms with van der Waals surface area (Å²) < 4.78 is 1.75. The number of thioether (sulfide) groups is 1. The number of rotatable bonds is 6. The zero-order valence-electron chi connectivity index (χ0n) is 9.84. The topological polar surface area (TPSA) is 42.7 Å². The van der Waals surface area contributed by atoms with E-state index in [1.54, 1.807) is 11.0 Å². The molecule has 0 unspecified atom stereocenters. The Morgan fingerprint density at radius 1 is 1.29 bits per heavy atom. The normalized spacial score (nSPS) is 10.4. The maximum atomic E-state index is 4.09. The first-order valence-electron chi connectivity index (χ1n) is 5.58. The molecule has 5 heteroatoms. The highest BCUT2D eigenvalue weighted by Crippen LogP contribution is 2.12. The Morgan fingerprint density at radius 3 is 2.76 bits per heavy atom. The third kappa shape index (κ3) is 3.49. The van der Waals surface area contributed by atoms with E-state index in [9.17, 15) is 0 Å². The smallest absolute Gasteiger partial charge is 0.138 e. The molecule has 0 aliphatic heterocycles. The molecule has 0 saturated heterocycles. The van der Waals surface area contributed by atoms with Crippen molar-refractivity contribution < 1.29 is 0 Å². The van der Waals surface area contributed by atoms with Crippen molar-refractivity contribution in [1.82, 2.24) is 14.8 Å². The minimum atomic E-state index is 1.02. The van der Waals surface area contributed by atoms with E-state index < -0.39 is 0 Å². The largest absolute Gasteiger partial charge is 0.385 e. The molecule has 0 amide bonds. The molecule has 0 bridgehead atoms. The second-order valence-corrected chi connectivity index (χ2v) is 4.65. The van der Waals surface area contributed by atoms with Crippen LogP contribution in [0.15, 0.2) is 36.9 Å². The molecule has 0 atom stereocenters. The number of nitrogens with zero attached hydrogens (tertiary/aromatic N) is 3. The molecular weight excluding hydrogens is 232 g/mol. The molecule has 0 saturated carbocycles. The van der Waals surface area contributed by atoms with Crippen LogP contribution in [0.4, 0.5) is 5.69 Å². The van der Waals surface area contributed by atoms with Crippen molar-refractivity contribution in [2.45, 2.75) is 6.42 Å². The highest BCUT2D eigenvalue weighted by Gasteiger charge is 1.96. The molecule has 1 N–H and O–H groups in total. The van der Waals surface area contributed by atoms with Crippen LogP contribution < -0.4 is 5.32 Å². The predicted octanol–water partition coefficient (Wildman–Crippen LogP) is 2.43. The van der Waals surface area contributed by atoms with Crippen LogP contribution in [0.25, 0.3) is 5.69 Å². The van der Waals surface area contributed by atoms with E-state index in [1.807, 2.05) is 23.9 Å². The van der Waals surface area contributed by atoms with Crippen molar-refractivity contribution in [2.24, 2.45) is 0 Å². The molecule has 1 aromatic heterocycles. The van der Waals surface area contributed by atoms with Gasteiger partial charge in [-0.2, -0.15) is 16.9 Å². The highest BCUT2D eigenvalue weighted by atomic mass is 32.2. The van der Waals surface area contributed by atoms with E-state index in [1.165, 1.54) is 18.5 Å². The van der Waals surface area contributed by atoms with Gasteiger partial charge >= 0.3 is 0 Å². The van der Waals surface area contributed by atoms with Crippen molar-refractivity contribution in [3.8, 4) is 5.69 Å².